The zero-order chi connectivity index (χ0) is 13.5. The van der Waals surface area contributed by atoms with Crippen LogP contribution in [0.5, 0.6) is 0 Å². The smallest absolute Gasteiger partial charge is 0.323 e. The molecule has 0 aliphatic carbocycles. The van der Waals surface area contributed by atoms with Gasteiger partial charge in [0.1, 0.15) is 5.54 Å². The van der Waals surface area contributed by atoms with E-state index in [1.807, 2.05) is 18.2 Å². The molecule has 0 radical (unpaired) electrons. The number of carbonyl (C=O) groups is 1. The summed E-state index contributed by atoms with van der Waals surface area (Å²) in [5.41, 5.74) is 6.33. The lowest BCUT2D eigenvalue weighted by Crippen LogP contribution is -2.59. The van der Waals surface area contributed by atoms with Crippen LogP contribution in [0.25, 0.3) is 0 Å². The fraction of sp³-hybridized carbons (Fsp3) is 0.533. The highest BCUT2D eigenvalue weighted by Gasteiger charge is 2.50. The van der Waals surface area contributed by atoms with Crippen molar-refractivity contribution in [3.8, 4) is 0 Å². The molecule has 3 atom stereocenters. The monoisotopic (exact) mass is 260 g/mol. The van der Waals surface area contributed by atoms with Gasteiger partial charge in [-0.1, -0.05) is 30.3 Å². The molecular weight excluding hydrogens is 240 g/mol. The van der Waals surface area contributed by atoms with E-state index in [-0.39, 0.29) is 0 Å². The molecule has 102 valence electrons. The SMILES string of the molecule is NC1(C(=O)O)C[C@H]2CC[C@@H](C1)N2Cc1ccccc1. The van der Waals surface area contributed by atoms with Gasteiger partial charge in [-0.2, -0.15) is 0 Å². The molecule has 2 aliphatic rings. The van der Waals surface area contributed by atoms with Crippen LogP contribution in [-0.4, -0.2) is 33.6 Å². The molecule has 19 heavy (non-hydrogen) atoms. The number of hydrogen-bond acceptors (Lipinski definition) is 3. The van der Waals surface area contributed by atoms with Crippen LogP contribution in [0.1, 0.15) is 31.2 Å². The molecule has 2 heterocycles. The lowest BCUT2D eigenvalue weighted by molar-refractivity contribution is -0.146. The van der Waals surface area contributed by atoms with Gasteiger partial charge in [0.05, 0.1) is 0 Å². The molecule has 1 aromatic rings. The second-order valence-corrected chi connectivity index (χ2v) is 5.91. The maximum Gasteiger partial charge on any atom is 0.323 e. The van der Waals surface area contributed by atoms with Crippen molar-refractivity contribution in [2.45, 2.75) is 49.9 Å². The van der Waals surface area contributed by atoms with E-state index in [4.69, 9.17) is 5.73 Å². The zero-order valence-corrected chi connectivity index (χ0v) is 11.0. The third kappa shape index (κ3) is 2.26. The number of nitrogens with two attached hydrogens (primary N) is 1. The van der Waals surface area contributed by atoms with Crippen LogP contribution in [-0.2, 0) is 11.3 Å². The van der Waals surface area contributed by atoms with Crippen molar-refractivity contribution in [2.75, 3.05) is 0 Å². The van der Waals surface area contributed by atoms with E-state index in [2.05, 4.69) is 17.0 Å². The average molecular weight is 260 g/mol. The van der Waals surface area contributed by atoms with Gasteiger partial charge in [-0.3, -0.25) is 9.69 Å². The topological polar surface area (TPSA) is 66.6 Å². The van der Waals surface area contributed by atoms with Crippen molar-refractivity contribution in [1.29, 1.82) is 0 Å². The van der Waals surface area contributed by atoms with Crippen LogP contribution in [0.2, 0.25) is 0 Å². The first kappa shape index (κ1) is 12.6. The first-order valence-electron chi connectivity index (χ1n) is 6.90. The predicted molar refractivity (Wildman–Crippen MR) is 72.6 cm³/mol. The van der Waals surface area contributed by atoms with Crippen LogP contribution in [0.15, 0.2) is 30.3 Å². The molecule has 1 unspecified atom stereocenters. The molecule has 4 heteroatoms. The molecular formula is C15H20N2O2. The zero-order valence-electron chi connectivity index (χ0n) is 11.0. The number of hydrogen-bond donors (Lipinski definition) is 2. The van der Waals surface area contributed by atoms with Gasteiger partial charge in [0.25, 0.3) is 0 Å². The van der Waals surface area contributed by atoms with Crippen LogP contribution < -0.4 is 5.73 Å². The summed E-state index contributed by atoms with van der Waals surface area (Å²) in [5.74, 6) is -0.844. The Morgan fingerprint density at radius 3 is 2.37 bits per heavy atom. The highest BCUT2D eigenvalue weighted by Crippen LogP contribution is 2.40. The Kier molecular flexibility index (Phi) is 3.07. The Labute approximate surface area is 113 Å². The van der Waals surface area contributed by atoms with E-state index in [0.29, 0.717) is 24.9 Å². The Hall–Kier alpha value is -1.39. The van der Waals surface area contributed by atoms with Crippen molar-refractivity contribution < 1.29 is 9.90 Å². The molecule has 1 aromatic carbocycles. The lowest BCUT2D eigenvalue weighted by Gasteiger charge is -2.42. The minimum atomic E-state index is -1.01. The molecule has 0 amide bonds. The number of nitrogens with zero attached hydrogens (tertiary/aromatic N) is 1. The van der Waals surface area contributed by atoms with Crippen LogP contribution >= 0.6 is 0 Å². The maximum absolute atomic E-state index is 11.3. The Bertz CT molecular complexity index is 460. The fourth-order valence-corrected chi connectivity index (χ4v) is 3.60. The van der Waals surface area contributed by atoms with E-state index in [1.54, 1.807) is 0 Å². The minimum Gasteiger partial charge on any atom is -0.480 e. The van der Waals surface area contributed by atoms with Gasteiger partial charge in [0.15, 0.2) is 0 Å². The summed E-state index contributed by atoms with van der Waals surface area (Å²) in [4.78, 5) is 13.8. The first-order valence-corrected chi connectivity index (χ1v) is 6.90. The summed E-state index contributed by atoms with van der Waals surface area (Å²) in [6, 6.07) is 11.0. The molecule has 2 saturated heterocycles. The van der Waals surface area contributed by atoms with Crippen molar-refractivity contribution in [3.05, 3.63) is 35.9 Å². The van der Waals surface area contributed by atoms with Crippen molar-refractivity contribution >= 4 is 5.97 Å². The lowest BCUT2D eigenvalue weighted by atomic mass is 9.83. The standard InChI is InChI=1S/C15H20N2O2/c16-15(14(18)19)8-12-6-7-13(9-15)17(12)10-11-4-2-1-3-5-11/h1-5,12-13H,6-10,16H2,(H,18,19)/t12-,13+,15?. The number of rotatable bonds is 3. The third-order valence-corrected chi connectivity index (χ3v) is 4.60. The van der Waals surface area contributed by atoms with Crippen LogP contribution in [0.4, 0.5) is 0 Å². The molecule has 2 fully saturated rings. The van der Waals surface area contributed by atoms with Crippen LogP contribution in [0, 0.1) is 0 Å². The minimum absolute atomic E-state index is 0.319. The fourth-order valence-electron chi connectivity index (χ4n) is 3.60. The van der Waals surface area contributed by atoms with Crippen LogP contribution in [0.3, 0.4) is 0 Å². The second-order valence-electron chi connectivity index (χ2n) is 5.91. The first-order chi connectivity index (χ1) is 9.08. The Morgan fingerprint density at radius 2 is 1.84 bits per heavy atom. The molecule has 3 rings (SSSR count). The van der Waals surface area contributed by atoms with E-state index in [1.165, 1.54) is 5.56 Å². The maximum atomic E-state index is 11.3. The largest absolute Gasteiger partial charge is 0.480 e. The molecule has 0 saturated carbocycles. The van der Waals surface area contributed by atoms with Gasteiger partial charge in [0, 0.05) is 18.6 Å². The predicted octanol–water partition coefficient (Wildman–Crippen LogP) is 1.60. The quantitative estimate of drug-likeness (QED) is 0.866. The molecule has 4 nitrogen and oxygen atoms in total. The summed E-state index contributed by atoms with van der Waals surface area (Å²) >= 11 is 0. The number of aliphatic carboxylic acids is 1. The Balaban J connectivity index is 1.75. The summed E-state index contributed by atoms with van der Waals surface area (Å²) in [5, 5.41) is 9.29. The van der Waals surface area contributed by atoms with Gasteiger partial charge in [-0.05, 0) is 31.2 Å². The number of fused-ring (bicyclic) bond motifs is 2. The molecule has 2 aliphatic heterocycles. The molecule has 2 bridgehead atoms. The normalized spacial score (nSPS) is 34.4. The number of carboxylic acids is 1. The molecule has 3 N–H and O–H groups in total. The highest BCUT2D eigenvalue weighted by atomic mass is 16.4. The molecule has 0 aromatic heterocycles. The molecule has 0 spiro atoms. The van der Waals surface area contributed by atoms with Crippen molar-refractivity contribution in [3.63, 3.8) is 0 Å². The van der Waals surface area contributed by atoms with Gasteiger partial charge >= 0.3 is 5.97 Å². The third-order valence-electron chi connectivity index (χ3n) is 4.60. The van der Waals surface area contributed by atoms with Gasteiger partial charge in [-0.25, -0.2) is 0 Å². The summed E-state index contributed by atoms with van der Waals surface area (Å²) < 4.78 is 0. The number of carboxylic acid groups (broad SMARTS) is 1. The number of benzene rings is 1. The summed E-state index contributed by atoms with van der Waals surface area (Å²) in [6.07, 6.45) is 3.30. The Morgan fingerprint density at radius 1 is 1.26 bits per heavy atom. The highest BCUT2D eigenvalue weighted by molar-refractivity contribution is 5.79. The van der Waals surface area contributed by atoms with E-state index in [0.717, 1.165) is 19.4 Å². The van der Waals surface area contributed by atoms with E-state index in [9.17, 15) is 9.90 Å². The van der Waals surface area contributed by atoms with Crippen molar-refractivity contribution in [2.24, 2.45) is 5.73 Å². The van der Waals surface area contributed by atoms with Crippen molar-refractivity contribution in [1.82, 2.24) is 4.90 Å². The average Bonchev–Trinajstić information content (AvgIpc) is 2.64. The second kappa shape index (κ2) is 4.62. The number of piperidine rings is 1. The van der Waals surface area contributed by atoms with E-state index >= 15 is 0 Å². The summed E-state index contributed by atoms with van der Waals surface area (Å²) in [7, 11) is 0. The van der Waals surface area contributed by atoms with Gasteiger partial charge in [-0.15, -0.1) is 0 Å². The van der Waals surface area contributed by atoms with Gasteiger partial charge in [0.2, 0.25) is 0 Å². The van der Waals surface area contributed by atoms with Gasteiger partial charge < -0.3 is 10.8 Å². The van der Waals surface area contributed by atoms with E-state index < -0.39 is 11.5 Å². The summed E-state index contributed by atoms with van der Waals surface area (Å²) in [6.45, 7) is 0.909.